The van der Waals surface area contributed by atoms with Crippen molar-refractivity contribution < 1.29 is 9.90 Å². The van der Waals surface area contributed by atoms with Crippen LogP contribution in [0.2, 0.25) is 0 Å². The van der Waals surface area contributed by atoms with Gasteiger partial charge in [0.05, 0.1) is 6.10 Å². The lowest BCUT2D eigenvalue weighted by atomic mass is 9.98. The van der Waals surface area contributed by atoms with E-state index in [-0.39, 0.29) is 24.1 Å². The predicted molar refractivity (Wildman–Crippen MR) is 77.3 cm³/mol. The Bertz CT molecular complexity index is 460. The molecule has 102 valence electrons. The van der Waals surface area contributed by atoms with Gasteiger partial charge in [-0.05, 0) is 43.4 Å². The van der Waals surface area contributed by atoms with Crippen LogP contribution in [0.15, 0.2) is 24.3 Å². The molecular formula is C15H18BrNO2. The first-order valence-electron chi connectivity index (χ1n) is 6.84. The number of piperidine rings is 1. The van der Waals surface area contributed by atoms with Gasteiger partial charge < -0.3 is 10.0 Å². The zero-order valence-corrected chi connectivity index (χ0v) is 12.3. The molecule has 1 N–H and O–H groups in total. The van der Waals surface area contributed by atoms with E-state index in [1.165, 1.54) is 5.56 Å². The molecule has 1 aromatic carbocycles. The van der Waals surface area contributed by atoms with Crippen molar-refractivity contribution in [2.45, 2.75) is 49.2 Å². The summed E-state index contributed by atoms with van der Waals surface area (Å²) in [6.45, 7) is 0. The van der Waals surface area contributed by atoms with Crippen molar-refractivity contribution in [2.24, 2.45) is 0 Å². The van der Waals surface area contributed by atoms with Gasteiger partial charge in [-0.1, -0.05) is 28.1 Å². The zero-order valence-electron chi connectivity index (χ0n) is 10.8. The molecule has 1 aromatic rings. The van der Waals surface area contributed by atoms with Crippen molar-refractivity contribution in [1.82, 2.24) is 4.90 Å². The van der Waals surface area contributed by atoms with Crippen LogP contribution >= 0.6 is 15.9 Å². The van der Waals surface area contributed by atoms with Crippen molar-refractivity contribution in [3.05, 3.63) is 35.4 Å². The highest BCUT2D eigenvalue weighted by Gasteiger charge is 2.42. The second kappa shape index (κ2) is 5.25. The lowest BCUT2D eigenvalue weighted by molar-refractivity contribution is 0.0287. The smallest absolute Gasteiger partial charge is 0.254 e. The van der Waals surface area contributed by atoms with Crippen LogP contribution in [0.5, 0.6) is 0 Å². The lowest BCUT2D eigenvalue weighted by Gasteiger charge is -2.37. The van der Waals surface area contributed by atoms with Crippen LogP contribution in [0, 0.1) is 0 Å². The number of carbonyl (C=O) groups is 1. The van der Waals surface area contributed by atoms with Gasteiger partial charge in [0, 0.05) is 23.0 Å². The van der Waals surface area contributed by atoms with E-state index in [4.69, 9.17) is 0 Å². The van der Waals surface area contributed by atoms with E-state index in [2.05, 4.69) is 15.9 Å². The summed E-state index contributed by atoms with van der Waals surface area (Å²) in [5.74, 6) is 0.125. The van der Waals surface area contributed by atoms with Crippen LogP contribution in [0.4, 0.5) is 0 Å². The van der Waals surface area contributed by atoms with Gasteiger partial charge in [-0.3, -0.25) is 4.79 Å². The number of aliphatic hydroxyl groups excluding tert-OH is 1. The highest BCUT2D eigenvalue weighted by molar-refractivity contribution is 9.08. The Kier molecular flexibility index (Phi) is 3.63. The number of alkyl halides is 1. The summed E-state index contributed by atoms with van der Waals surface area (Å²) in [6.07, 6.45) is 3.32. The molecule has 2 unspecified atom stereocenters. The SMILES string of the molecule is O=C(c1ccc(CBr)cc1)N1C2CCC1CC(O)C2. The highest BCUT2D eigenvalue weighted by Crippen LogP contribution is 2.36. The summed E-state index contributed by atoms with van der Waals surface area (Å²) >= 11 is 3.41. The summed E-state index contributed by atoms with van der Waals surface area (Å²) in [7, 11) is 0. The van der Waals surface area contributed by atoms with E-state index in [0.717, 1.165) is 36.6 Å². The van der Waals surface area contributed by atoms with Crippen molar-refractivity contribution in [2.75, 3.05) is 0 Å². The molecule has 0 saturated carbocycles. The average Bonchev–Trinajstić information content (AvgIpc) is 2.70. The Labute approximate surface area is 121 Å². The molecule has 2 fully saturated rings. The fourth-order valence-electron chi connectivity index (χ4n) is 3.37. The molecule has 0 aliphatic carbocycles. The van der Waals surface area contributed by atoms with Crippen molar-refractivity contribution in [3.63, 3.8) is 0 Å². The standard InChI is InChI=1S/C15H18BrNO2/c16-9-10-1-3-11(4-2-10)15(19)17-12-5-6-13(17)8-14(18)7-12/h1-4,12-14,18H,5-9H2. The van der Waals surface area contributed by atoms with Crippen LogP contribution in [0.3, 0.4) is 0 Å². The minimum absolute atomic E-state index is 0.125. The van der Waals surface area contributed by atoms with E-state index in [1.807, 2.05) is 29.2 Å². The van der Waals surface area contributed by atoms with E-state index in [0.29, 0.717) is 0 Å². The molecule has 0 radical (unpaired) electrons. The molecule has 4 heteroatoms. The molecule has 0 spiro atoms. The van der Waals surface area contributed by atoms with Crippen LogP contribution in [-0.2, 0) is 5.33 Å². The number of rotatable bonds is 2. The molecular weight excluding hydrogens is 306 g/mol. The maximum atomic E-state index is 12.6. The van der Waals surface area contributed by atoms with E-state index < -0.39 is 0 Å². The molecule has 0 aromatic heterocycles. The Morgan fingerprint density at radius 3 is 2.32 bits per heavy atom. The maximum Gasteiger partial charge on any atom is 0.254 e. The summed E-state index contributed by atoms with van der Waals surface area (Å²) in [4.78, 5) is 14.6. The Hall–Kier alpha value is -0.870. The second-order valence-electron chi connectivity index (χ2n) is 5.55. The first-order chi connectivity index (χ1) is 9.19. The Morgan fingerprint density at radius 2 is 1.79 bits per heavy atom. The third-order valence-corrected chi connectivity index (χ3v) is 4.95. The number of halogens is 1. The summed E-state index contributed by atoms with van der Waals surface area (Å²) in [5.41, 5.74) is 1.94. The van der Waals surface area contributed by atoms with Crippen molar-refractivity contribution in [1.29, 1.82) is 0 Å². The number of benzene rings is 1. The maximum absolute atomic E-state index is 12.6. The van der Waals surface area contributed by atoms with Crippen LogP contribution in [0.1, 0.15) is 41.6 Å². The molecule has 2 saturated heterocycles. The van der Waals surface area contributed by atoms with Crippen molar-refractivity contribution >= 4 is 21.8 Å². The number of aliphatic hydroxyl groups is 1. The average molecular weight is 324 g/mol. The number of nitrogens with zero attached hydrogens (tertiary/aromatic N) is 1. The quantitative estimate of drug-likeness (QED) is 0.850. The van der Waals surface area contributed by atoms with Crippen molar-refractivity contribution in [3.8, 4) is 0 Å². The topological polar surface area (TPSA) is 40.5 Å². The normalized spacial score (nSPS) is 29.6. The molecule has 3 rings (SSSR count). The predicted octanol–water partition coefficient (Wildman–Crippen LogP) is 2.71. The van der Waals surface area contributed by atoms with Gasteiger partial charge >= 0.3 is 0 Å². The third-order valence-electron chi connectivity index (χ3n) is 4.30. The van der Waals surface area contributed by atoms with E-state index in [9.17, 15) is 9.90 Å². The van der Waals surface area contributed by atoms with Crippen LogP contribution < -0.4 is 0 Å². The molecule has 2 aliphatic heterocycles. The van der Waals surface area contributed by atoms with Gasteiger partial charge in [0.25, 0.3) is 5.91 Å². The largest absolute Gasteiger partial charge is 0.393 e. The Balaban J connectivity index is 1.80. The number of hydrogen-bond acceptors (Lipinski definition) is 2. The van der Waals surface area contributed by atoms with Gasteiger partial charge in [0.15, 0.2) is 0 Å². The molecule has 2 heterocycles. The molecule has 2 aliphatic rings. The van der Waals surface area contributed by atoms with E-state index >= 15 is 0 Å². The number of carbonyl (C=O) groups excluding carboxylic acids is 1. The van der Waals surface area contributed by atoms with Gasteiger partial charge in [-0.15, -0.1) is 0 Å². The summed E-state index contributed by atoms with van der Waals surface area (Å²) < 4.78 is 0. The van der Waals surface area contributed by atoms with Crippen LogP contribution in [-0.4, -0.2) is 34.1 Å². The van der Waals surface area contributed by atoms with Gasteiger partial charge in [0.1, 0.15) is 0 Å². The summed E-state index contributed by atoms with van der Waals surface area (Å²) in [5, 5.41) is 10.6. The van der Waals surface area contributed by atoms with Crippen LogP contribution in [0.25, 0.3) is 0 Å². The number of fused-ring (bicyclic) bond motifs is 2. The molecule has 19 heavy (non-hydrogen) atoms. The first-order valence-corrected chi connectivity index (χ1v) is 7.97. The number of amides is 1. The van der Waals surface area contributed by atoms with E-state index in [1.54, 1.807) is 0 Å². The molecule has 3 nitrogen and oxygen atoms in total. The van der Waals surface area contributed by atoms with Gasteiger partial charge in [0.2, 0.25) is 0 Å². The third kappa shape index (κ3) is 2.43. The highest BCUT2D eigenvalue weighted by atomic mass is 79.9. The lowest BCUT2D eigenvalue weighted by Crippen LogP contribution is -2.47. The Morgan fingerprint density at radius 1 is 1.21 bits per heavy atom. The molecule has 2 bridgehead atoms. The first kappa shape index (κ1) is 13.1. The number of hydrogen-bond donors (Lipinski definition) is 1. The second-order valence-corrected chi connectivity index (χ2v) is 6.11. The summed E-state index contributed by atoms with van der Waals surface area (Å²) in [6, 6.07) is 8.26. The van der Waals surface area contributed by atoms with Gasteiger partial charge in [-0.2, -0.15) is 0 Å². The minimum Gasteiger partial charge on any atom is -0.393 e. The zero-order chi connectivity index (χ0) is 13.4. The fourth-order valence-corrected chi connectivity index (χ4v) is 3.74. The molecule has 1 amide bonds. The van der Waals surface area contributed by atoms with Gasteiger partial charge in [-0.25, -0.2) is 0 Å². The minimum atomic E-state index is -0.225. The fraction of sp³-hybridized carbons (Fsp3) is 0.533. The monoisotopic (exact) mass is 323 g/mol. The molecule has 2 atom stereocenters.